The molecule has 1 N–H and O–H groups in total. The van der Waals surface area contributed by atoms with Gasteiger partial charge in [0.15, 0.2) is 0 Å². The second kappa shape index (κ2) is 7.17. The van der Waals surface area contributed by atoms with Crippen molar-refractivity contribution in [3.63, 3.8) is 0 Å². The van der Waals surface area contributed by atoms with E-state index in [0.717, 1.165) is 24.4 Å². The van der Waals surface area contributed by atoms with Gasteiger partial charge in [0, 0.05) is 42.4 Å². The van der Waals surface area contributed by atoms with E-state index in [-0.39, 0.29) is 0 Å². The molecule has 0 radical (unpaired) electrons. The summed E-state index contributed by atoms with van der Waals surface area (Å²) < 4.78 is 0. The van der Waals surface area contributed by atoms with Crippen LogP contribution in [0.2, 0.25) is 0 Å². The number of nitrogens with one attached hydrogen (secondary N) is 1. The maximum absolute atomic E-state index is 3.49. The lowest BCUT2D eigenvalue weighted by molar-refractivity contribution is 0.144. The van der Waals surface area contributed by atoms with Crippen LogP contribution in [0, 0.1) is 13.8 Å². The van der Waals surface area contributed by atoms with Crippen LogP contribution < -0.4 is 5.32 Å². The second-order valence-corrected chi connectivity index (χ2v) is 7.84. The van der Waals surface area contributed by atoms with Crippen LogP contribution in [0.5, 0.6) is 0 Å². The van der Waals surface area contributed by atoms with Crippen LogP contribution in [-0.4, -0.2) is 42.4 Å². The molecule has 1 heterocycles. The van der Waals surface area contributed by atoms with E-state index in [2.05, 4.69) is 54.0 Å². The number of hydrogen-bond acceptors (Lipinski definition) is 3. The van der Waals surface area contributed by atoms with Crippen LogP contribution in [0.15, 0.2) is 23.1 Å². The zero-order valence-corrected chi connectivity index (χ0v) is 14.2. The third-order valence-electron chi connectivity index (χ3n) is 4.90. The van der Waals surface area contributed by atoms with E-state index >= 15 is 0 Å². The Balaban J connectivity index is 1.71. The van der Waals surface area contributed by atoms with E-state index < -0.39 is 0 Å². The number of thioether (sulfide) groups is 1. The van der Waals surface area contributed by atoms with Gasteiger partial charge in [-0.2, -0.15) is 0 Å². The van der Waals surface area contributed by atoms with E-state index in [0.29, 0.717) is 0 Å². The van der Waals surface area contributed by atoms with Crippen molar-refractivity contribution in [1.82, 2.24) is 10.2 Å². The summed E-state index contributed by atoms with van der Waals surface area (Å²) in [7, 11) is 0. The van der Waals surface area contributed by atoms with Crippen LogP contribution in [0.4, 0.5) is 0 Å². The van der Waals surface area contributed by atoms with Gasteiger partial charge in [-0.05, 0) is 38.3 Å². The first-order valence-corrected chi connectivity index (χ1v) is 9.31. The number of nitrogens with zero attached hydrogens (tertiary/aromatic N) is 1. The highest BCUT2D eigenvalue weighted by Crippen LogP contribution is 2.37. The first-order chi connectivity index (χ1) is 10.2. The van der Waals surface area contributed by atoms with Gasteiger partial charge < -0.3 is 5.32 Å². The number of rotatable bonds is 3. The van der Waals surface area contributed by atoms with E-state index in [1.165, 1.54) is 54.8 Å². The summed E-state index contributed by atoms with van der Waals surface area (Å²) in [6.45, 7) is 9.24. The van der Waals surface area contributed by atoms with Crippen molar-refractivity contribution >= 4 is 11.8 Å². The Morgan fingerprint density at radius 1 is 1.10 bits per heavy atom. The first kappa shape index (κ1) is 15.4. The van der Waals surface area contributed by atoms with E-state index in [4.69, 9.17) is 0 Å². The smallest absolute Gasteiger partial charge is 0.0250 e. The minimum atomic E-state index is 0.776. The molecule has 116 valence electrons. The first-order valence-electron chi connectivity index (χ1n) is 8.43. The lowest BCUT2D eigenvalue weighted by Crippen LogP contribution is -2.52. The summed E-state index contributed by atoms with van der Waals surface area (Å²) >= 11 is 2.14. The van der Waals surface area contributed by atoms with Gasteiger partial charge in [0.1, 0.15) is 0 Å². The number of aryl methyl sites for hydroxylation is 2. The van der Waals surface area contributed by atoms with E-state index in [1.54, 1.807) is 0 Å². The predicted molar refractivity (Wildman–Crippen MR) is 92.3 cm³/mol. The van der Waals surface area contributed by atoms with Crippen LogP contribution in [0.3, 0.4) is 0 Å². The number of hydrogen-bond donors (Lipinski definition) is 1. The molecule has 0 amide bonds. The molecule has 2 fully saturated rings. The molecular formula is C18H28N2S. The molecule has 21 heavy (non-hydrogen) atoms. The maximum Gasteiger partial charge on any atom is 0.0250 e. The second-order valence-electron chi connectivity index (χ2n) is 6.56. The number of benzene rings is 1. The summed E-state index contributed by atoms with van der Waals surface area (Å²) in [6, 6.07) is 7.70. The Bertz CT molecular complexity index is 468. The zero-order valence-electron chi connectivity index (χ0n) is 13.4. The molecule has 0 spiro atoms. The Morgan fingerprint density at radius 2 is 1.86 bits per heavy atom. The highest BCUT2D eigenvalue weighted by atomic mass is 32.2. The Hall–Kier alpha value is -0.510. The largest absolute Gasteiger partial charge is 0.314 e. The average Bonchev–Trinajstić information content (AvgIpc) is 2.51. The van der Waals surface area contributed by atoms with Crippen LogP contribution in [0.1, 0.15) is 36.8 Å². The van der Waals surface area contributed by atoms with Gasteiger partial charge in [0.2, 0.25) is 0 Å². The lowest BCUT2D eigenvalue weighted by atomic mass is 9.93. The third kappa shape index (κ3) is 3.82. The normalized spacial score (nSPS) is 27.7. The number of piperazine rings is 1. The molecule has 1 aromatic carbocycles. The molecule has 2 nitrogen and oxygen atoms in total. The van der Waals surface area contributed by atoms with Gasteiger partial charge in [0.05, 0.1) is 0 Å². The summed E-state index contributed by atoms with van der Waals surface area (Å²) in [6.07, 6.45) is 5.60. The van der Waals surface area contributed by atoms with Crippen molar-refractivity contribution in [3.8, 4) is 0 Å². The zero-order chi connectivity index (χ0) is 14.7. The molecule has 3 rings (SSSR count). The minimum absolute atomic E-state index is 0.776. The highest BCUT2D eigenvalue weighted by Gasteiger charge is 2.31. The van der Waals surface area contributed by atoms with Crippen molar-refractivity contribution in [2.75, 3.05) is 26.2 Å². The molecule has 1 aromatic rings. The fraction of sp³-hybridized carbons (Fsp3) is 0.667. The molecule has 0 bridgehead atoms. The fourth-order valence-electron chi connectivity index (χ4n) is 3.74. The lowest BCUT2D eigenvalue weighted by Gasteiger charge is -2.41. The van der Waals surface area contributed by atoms with Crippen molar-refractivity contribution < 1.29 is 0 Å². The molecule has 1 aliphatic heterocycles. The van der Waals surface area contributed by atoms with Crippen LogP contribution in [0.25, 0.3) is 0 Å². The molecule has 0 aromatic heterocycles. The van der Waals surface area contributed by atoms with E-state index in [1.807, 2.05) is 0 Å². The Morgan fingerprint density at radius 3 is 2.62 bits per heavy atom. The summed E-state index contributed by atoms with van der Waals surface area (Å²) in [5, 5.41) is 4.26. The monoisotopic (exact) mass is 304 g/mol. The van der Waals surface area contributed by atoms with Crippen LogP contribution in [-0.2, 0) is 0 Å². The Labute approximate surface area is 133 Å². The van der Waals surface area contributed by atoms with Crippen LogP contribution >= 0.6 is 11.8 Å². The predicted octanol–water partition coefficient (Wildman–Crippen LogP) is 3.61. The van der Waals surface area contributed by atoms with Crippen molar-refractivity contribution in [3.05, 3.63) is 29.3 Å². The van der Waals surface area contributed by atoms with Gasteiger partial charge in [-0.25, -0.2) is 0 Å². The van der Waals surface area contributed by atoms with E-state index in [9.17, 15) is 0 Å². The summed E-state index contributed by atoms with van der Waals surface area (Å²) in [5.74, 6) is 0. The molecule has 3 heteroatoms. The highest BCUT2D eigenvalue weighted by molar-refractivity contribution is 8.00. The molecular weight excluding hydrogens is 276 g/mol. The fourth-order valence-corrected chi connectivity index (χ4v) is 5.21. The molecule has 2 aliphatic rings. The maximum atomic E-state index is 3.49. The molecule has 2 atom stereocenters. The molecule has 1 saturated carbocycles. The molecule has 2 unspecified atom stereocenters. The Kier molecular flexibility index (Phi) is 5.25. The minimum Gasteiger partial charge on any atom is -0.314 e. The molecule has 1 saturated heterocycles. The van der Waals surface area contributed by atoms with Crippen molar-refractivity contribution in [2.24, 2.45) is 0 Å². The SMILES string of the molecule is Cc1ccc(SC2CCCCC2N2CCNCC2)c(C)c1. The topological polar surface area (TPSA) is 15.3 Å². The molecule has 1 aliphatic carbocycles. The standard InChI is InChI=1S/C18H28N2S/c1-14-7-8-17(15(2)13-14)21-18-6-4-3-5-16(18)20-11-9-19-10-12-20/h7-8,13,16,18-19H,3-6,9-12H2,1-2H3. The van der Waals surface area contributed by atoms with Crippen molar-refractivity contribution in [1.29, 1.82) is 0 Å². The summed E-state index contributed by atoms with van der Waals surface area (Å²) in [4.78, 5) is 4.24. The van der Waals surface area contributed by atoms with Gasteiger partial charge in [-0.15, -0.1) is 11.8 Å². The van der Waals surface area contributed by atoms with Crippen molar-refractivity contribution in [2.45, 2.75) is 55.7 Å². The van der Waals surface area contributed by atoms with Gasteiger partial charge in [-0.1, -0.05) is 30.5 Å². The van der Waals surface area contributed by atoms with Gasteiger partial charge in [0.25, 0.3) is 0 Å². The summed E-state index contributed by atoms with van der Waals surface area (Å²) in [5.41, 5.74) is 2.82. The van der Waals surface area contributed by atoms with Gasteiger partial charge >= 0.3 is 0 Å². The van der Waals surface area contributed by atoms with Gasteiger partial charge in [-0.3, -0.25) is 4.90 Å². The quantitative estimate of drug-likeness (QED) is 0.918. The average molecular weight is 305 g/mol. The third-order valence-corrected chi connectivity index (χ3v) is 6.46.